The number of aromatic nitrogens is 5. The number of hydrogen-bond donors (Lipinski definition) is 2. The zero-order valence-corrected chi connectivity index (χ0v) is 19.6. The van der Waals surface area contributed by atoms with E-state index in [1.54, 1.807) is 37.3 Å². The first-order chi connectivity index (χ1) is 17.3. The molecule has 5 aromatic rings. The Hall–Kier alpha value is -4.27. The van der Waals surface area contributed by atoms with Gasteiger partial charge >= 0.3 is 0 Å². The summed E-state index contributed by atoms with van der Waals surface area (Å²) in [6, 6.07) is 13.7. The number of benzene rings is 2. The van der Waals surface area contributed by atoms with Crippen LogP contribution in [0.5, 0.6) is 0 Å². The first kappa shape index (κ1) is 23.5. The van der Waals surface area contributed by atoms with E-state index in [9.17, 15) is 18.7 Å². The molecular formula is C25H18F2N6O2S. The van der Waals surface area contributed by atoms with E-state index >= 15 is 0 Å². The Bertz CT molecular complexity index is 1660. The van der Waals surface area contributed by atoms with Gasteiger partial charge in [-0.3, -0.25) is 4.79 Å². The first-order valence-electron chi connectivity index (χ1n) is 10.8. The van der Waals surface area contributed by atoms with Gasteiger partial charge in [-0.15, -0.1) is 11.3 Å². The van der Waals surface area contributed by atoms with Gasteiger partial charge in [-0.25, -0.2) is 23.4 Å². The van der Waals surface area contributed by atoms with Crippen LogP contribution in [-0.4, -0.2) is 29.8 Å². The van der Waals surface area contributed by atoms with Crippen LogP contribution in [0.1, 0.15) is 29.8 Å². The molecule has 2 aromatic carbocycles. The molecule has 2 atom stereocenters. The fraction of sp³-hybridized carbons (Fsp3) is 0.160. The minimum absolute atomic E-state index is 0.128. The fourth-order valence-corrected chi connectivity index (χ4v) is 5.10. The topological polar surface area (TPSA) is 120 Å². The summed E-state index contributed by atoms with van der Waals surface area (Å²) in [6.45, 7) is 1.37. The van der Waals surface area contributed by atoms with Crippen molar-refractivity contribution in [2.45, 2.75) is 25.0 Å². The second-order valence-electron chi connectivity index (χ2n) is 8.33. The second-order valence-corrected chi connectivity index (χ2v) is 9.38. The SMILES string of the molecule is CC(c1nc2cc(-c3ccc(C#N)cc3)sc2c(=O)[nH]1)C(O)(Cn1cncn1)c1ccc(F)cc1F. The van der Waals surface area contributed by atoms with Crippen LogP contribution in [-0.2, 0) is 12.1 Å². The van der Waals surface area contributed by atoms with Crippen LogP contribution < -0.4 is 5.56 Å². The third-order valence-electron chi connectivity index (χ3n) is 6.09. The quantitative estimate of drug-likeness (QED) is 0.359. The predicted octanol–water partition coefficient (Wildman–Crippen LogP) is 4.08. The number of rotatable bonds is 6. The van der Waals surface area contributed by atoms with Gasteiger partial charge in [-0.05, 0) is 29.8 Å². The highest BCUT2D eigenvalue weighted by Crippen LogP contribution is 2.39. The number of thiophene rings is 1. The van der Waals surface area contributed by atoms with Crippen molar-refractivity contribution in [3.63, 3.8) is 0 Å². The van der Waals surface area contributed by atoms with E-state index in [4.69, 9.17) is 5.26 Å². The van der Waals surface area contributed by atoms with Gasteiger partial charge in [0.1, 0.15) is 40.4 Å². The summed E-state index contributed by atoms with van der Waals surface area (Å²) in [6.07, 6.45) is 2.63. The number of aliphatic hydroxyl groups is 1. The molecule has 3 heterocycles. The Kier molecular flexibility index (Phi) is 5.91. The molecule has 11 heteroatoms. The third-order valence-corrected chi connectivity index (χ3v) is 7.27. The average molecular weight is 505 g/mol. The molecule has 36 heavy (non-hydrogen) atoms. The molecule has 3 aromatic heterocycles. The highest BCUT2D eigenvalue weighted by molar-refractivity contribution is 7.22. The maximum Gasteiger partial charge on any atom is 0.268 e. The van der Waals surface area contributed by atoms with Gasteiger partial charge in [0, 0.05) is 22.4 Å². The molecule has 5 rings (SSSR count). The Morgan fingerprint density at radius 3 is 2.67 bits per heavy atom. The Labute approximate surface area is 207 Å². The summed E-state index contributed by atoms with van der Waals surface area (Å²) in [4.78, 5) is 24.9. The zero-order chi connectivity index (χ0) is 25.4. The Morgan fingerprint density at radius 2 is 2.00 bits per heavy atom. The fourth-order valence-electron chi connectivity index (χ4n) is 4.10. The molecule has 0 aliphatic carbocycles. The lowest BCUT2D eigenvalue weighted by Crippen LogP contribution is -2.39. The van der Waals surface area contributed by atoms with Gasteiger partial charge < -0.3 is 10.1 Å². The first-order valence-corrected chi connectivity index (χ1v) is 11.6. The van der Waals surface area contributed by atoms with Gasteiger partial charge in [0.2, 0.25) is 0 Å². The van der Waals surface area contributed by atoms with Gasteiger partial charge in [0.05, 0.1) is 23.7 Å². The minimum atomic E-state index is -1.96. The molecule has 0 fully saturated rings. The van der Waals surface area contributed by atoms with E-state index in [0.717, 1.165) is 16.5 Å². The van der Waals surface area contributed by atoms with Crippen LogP contribution in [0.2, 0.25) is 0 Å². The summed E-state index contributed by atoms with van der Waals surface area (Å²) in [5.74, 6) is -2.53. The number of hydrogen-bond acceptors (Lipinski definition) is 7. The average Bonchev–Trinajstić information content (AvgIpc) is 3.53. The number of halogens is 2. The number of H-pyrrole nitrogens is 1. The van der Waals surface area contributed by atoms with Gasteiger partial charge in [-0.1, -0.05) is 25.1 Å². The molecule has 0 amide bonds. The molecule has 0 aliphatic heterocycles. The molecule has 2 N–H and O–H groups in total. The van der Waals surface area contributed by atoms with E-state index < -0.39 is 28.7 Å². The predicted molar refractivity (Wildman–Crippen MR) is 129 cm³/mol. The molecule has 8 nitrogen and oxygen atoms in total. The van der Waals surface area contributed by atoms with Crippen LogP contribution in [0, 0.1) is 23.0 Å². The largest absolute Gasteiger partial charge is 0.382 e. The van der Waals surface area contributed by atoms with Crippen molar-refractivity contribution in [2.75, 3.05) is 0 Å². The van der Waals surface area contributed by atoms with Gasteiger partial charge in [0.25, 0.3) is 5.56 Å². The van der Waals surface area contributed by atoms with E-state index in [0.29, 0.717) is 21.8 Å². The van der Waals surface area contributed by atoms with Crippen LogP contribution in [0.25, 0.3) is 20.7 Å². The van der Waals surface area contributed by atoms with E-state index in [1.165, 1.54) is 34.7 Å². The lowest BCUT2D eigenvalue weighted by molar-refractivity contribution is -0.0135. The summed E-state index contributed by atoms with van der Waals surface area (Å²) < 4.78 is 30.2. The van der Waals surface area contributed by atoms with Crippen LogP contribution >= 0.6 is 11.3 Å². The maximum absolute atomic E-state index is 14.9. The lowest BCUT2D eigenvalue weighted by Gasteiger charge is -2.34. The van der Waals surface area contributed by atoms with E-state index in [-0.39, 0.29) is 17.9 Å². The van der Waals surface area contributed by atoms with E-state index in [1.807, 2.05) is 0 Å². The monoisotopic (exact) mass is 504 g/mol. The summed E-state index contributed by atoms with van der Waals surface area (Å²) >= 11 is 1.25. The highest BCUT2D eigenvalue weighted by atomic mass is 32.1. The van der Waals surface area contributed by atoms with Crippen LogP contribution in [0.15, 0.2) is 66.0 Å². The molecule has 0 spiro atoms. The van der Waals surface area contributed by atoms with Crippen LogP contribution in [0.4, 0.5) is 8.78 Å². The molecule has 180 valence electrons. The maximum atomic E-state index is 14.9. The molecule has 0 aliphatic rings. The number of nitrogens with zero attached hydrogens (tertiary/aromatic N) is 5. The second kappa shape index (κ2) is 9.07. The van der Waals surface area contributed by atoms with Crippen molar-refractivity contribution in [3.05, 3.63) is 100 Å². The standard InChI is InChI=1S/C25H18F2N6O2S/c1-14(25(35,11-33-13-29-12-30-33)18-7-6-17(26)8-19(18)27)23-31-20-9-21(36-22(20)24(34)32-23)16-4-2-15(10-28)3-5-16/h2-9,12-14,35H,11H2,1H3,(H,31,32,34). The smallest absolute Gasteiger partial charge is 0.268 e. The van der Waals surface area contributed by atoms with Crippen LogP contribution in [0.3, 0.4) is 0 Å². The van der Waals surface area contributed by atoms with Gasteiger partial charge in [0.15, 0.2) is 0 Å². The molecule has 0 saturated carbocycles. The number of nitriles is 1. The Morgan fingerprint density at radius 1 is 1.22 bits per heavy atom. The summed E-state index contributed by atoms with van der Waals surface area (Å²) in [5.41, 5.74) is -0.782. The zero-order valence-electron chi connectivity index (χ0n) is 18.8. The molecule has 0 radical (unpaired) electrons. The van der Waals surface area contributed by atoms with E-state index in [2.05, 4.69) is 26.1 Å². The molecular weight excluding hydrogens is 486 g/mol. The van der Waals surface area contributed by atoms with Crippen molar-refractivity contribution in [1.82, 2.24) is 24.7 Å². The Balaban J connectivity index is 1.60. The molecule has 0 bridgehead atoms. The number of fused-ring (bicyclic) bond motifs is 1. The number of nitrogens with one attached hydrogen (secondary N) is 1. The molecule has 2 unspecified atom stereocenters. The van der Waals surface area contributed by atoms with Crippen molar-refractivity contribution in [1.29, 1.82) is 5.26 Å². The summed E-state index contributed by atoms with van der Waals surface area (Å²) in [7, 11) is 0. The summed E-state index contributed by atoms with van der Waals surface area (Å²) in [5, 5.41) is 24.8. The van der Waals surface area contributed by atoms with Crippen molar-refractivity contribution in [3.8, 4) is 16.5 Å². The number of aromatic amines is 1. The van der Waals surface area contributed by atoms with Crippen molar-refractivity contribution >= 4 is 21.6 Å². The minimum Gasteiger partial charge on any atom is -0.382 e. The van der Waals surface area contributed by atoms with Crippen molar-refractivity contribution in [2.24, 2.45) is 0 Å². The molecule has 0 saturated heterocycles. The highest BCUT2D eigenvalue weighted by Gasteiger charge is 2.41. The third kappa shape index (κ3) is 4.17. The van der Waals surface area contributed by atoms with Crippen molar-refractivity contribution < 1.29 is 13.9 Å². The normalized spacial score (nSPS) is 13.9. The lowest BCUT2D eigenvalue weighted by atomic mass is 9.81. The van der Waals surface area contributed by atoms with Gasteiger partial charge in [-0.2, -0.15) is 10.4 Å².